The third kappa shape index (κ3) is 6.07. The fraction of sp³-hybridized carbons (Fsp3) is 0.321. The van der Waals surface area contributed by atoms with Crippen LogP contribution in [0.3, 0.4) is 0 Å². The summed E-state index contributed by atoms with van der Waals surface area (Å²) in [5, 5.41) is 13.8. The first-order valence-corrected chi connectivity index (χ1v) is 12.7. The number of fused-ring (bicyclic) bond motifs is 1. The van der Waals surface area contributed by atoms with Crippen LogP contribution >= 0.6 is 11.3 Å². The maximum absolute atomic E-state index is 11.7. The van der Waals surface area contributed by atoms with Crippen molar-refractivity contribution in [1.29, 1.82) is 0 Å². The molecule has 3 heterocycles. The highest BCUT2D eigenvalue weighted by atomic mass is 32.1. The first-order valence-electron chi connectivity index (χ1n) is 11.8. The van der Waals surface area contributed by atoms with E-state index in [-0.39, 0.29) is 0 Å². The van der Waals surface area contributed by atoms with E-state index < -0.39 is 5.97 Å². The molecule has 1 fully saturated rings. The molecule has 6 heteroatoms. The van der Waals surface area contributed by atoms with E-state index in [0.717, 1.165) is 47.9 Å². The number of hydrogen-bond donors (Lipinski definition) is 1. The maximum Gasteiger partial charge on any atom is 0.331 e. The number of ether oxygens (including phenoxy) is 2. The average Bonchev–Trinajstić information content (AvgIpc) is 3.56. The molecule has 2 aromatic carbocycles. The number of rotatable bonds is 6. The van der Waals surface area contributed by atoms with Gasteiger partial charge in [0.15, 0.2) is 0 Å². The number of nitrogens with zero attached hydrogens (tertiary/aromatic N) is 1. The summed E-state index contributed by atoms with van der Waals surface area (Å²) in [5.41, 5.74) is 5.70. The highest BCUT2D eigenvalue weighted by molar-refractivity contribution is 7.07. The lowest BCUT2D eigenvalue weighted by atomic mass is 9.99. The minimum atomic E-state index is -0.853. The standard InChI is InChI=1S/C24H23NO3S.C4H8O/c1-2-28-23-6-4-3-5-21(23)18-7-8-22-20(13-18)14-19(24(26)27)9-11-25(22)15-17-10-12-29-16-17;1-2-4-5-3-1/h3-8,10,12-14,16H,2,9,11,15H2,1H3,(H,26,27);1-4H2. The van der Waals surface area contributed by atoms with E-state index in [1.807, 2.05) is 37.3 Å². The van der Waals surface area contributed by atoms with Gasteiger partial charge in [-0.25, -0.2) is 4.79 Å². The number of thiophene rings is 1. The lowest BCUT2D eigenvalue weighted by Gasteiger charge is -2.25. The third-order valence-corrected chi connectivity index (χ3v) is 6.63. The molecule has 0 saturated carbocycles. The fourth-order valence-corrected chi connectivity index (χ4v) is 4.85. The second kappa shape index (κ2) is 11.9. The van der Waals surface area contributed by atoms with E-state index in [1.165, 1.54) is 18.4 Å². The van der Waals surface area contributed by atoms with Gasteiger partial charge in [-0.05, 0) is 84.0 Å². The number of anilines is 1. The normalized spacial score (nSPS) is 15.0. The van der Waals surface area contributed by atoms with Gasteiger partial charge in [0.05, 0.1) is 6.61 Å². The Balaban J connectivity index is 0.000000486. The molecule has 34 heavy (non-hydrogen) atoms. The summed E-state index contributed by atoms with van der Waals surface area (Å²) < 4.78 is 10.7. The van der Waals surface area contributed by atoms with Crippen LogP contribution in [0.25, 0.3) is 17.2 Å². The summed E-state index contributed by atoms with van der Waals surface area (Å²) in [4.78, 5) is 14.0. The van der Waals surface area contributed by atoms with E-state index >= 15 is 0 Å². The molecule has 1 N–H and O–H groups in total. The monoisotopic (exact) mass is 477 g/mol. The number of carboxylic acids is 1. The van der Waals surface area contributed by atoms with Crippen molar-refractivity contribution in [2.45, 2.75) is 32.7 Å². The van der Waals surface area contributed by atoms with Crippen LogP contribution in [0.15, 0.2) is 64.9 Å². The Bertz CT molecular complexity index is 1110. The van der Waals surface area contributed by atoms with Crippen molar-refractivity contribution >= 4 is 29.1 Å². The summed E-state index contributed by atoms with van der Waals surface area (Å²) in [6, 6.07) is 16.3. The zero-order valence-electron chi connectivity index (χ0n) is 19.5. The van der Waals surface area contributed by atoms with Crippen LogP contribution in [-0.4, -0.2) is 37.4 Å². The zero-order chi connectivity index (χ0) is 23.8. The molecule has 2 aliphatic rings. The Labute approximate surface area is 205 Å². The molecule has 5 rings (SSSR count). The quantitative estimate of drug-likeness (QED) is 0.440. The number of carbonyl (C=O) groups is 1. The van der Waals surface area contributed by atoms with E-state index in [0.29, 0.717) is 25.1 Å². The zero-order valence-corrected chi connectivity index (χ0v) is 20.4. The molecule has 0 unspecified atom stereocenters. The first-order chi connectivity index (χ1) is 16.7. The van der Waals surface area contributed by atoms with Crippen molar-refractivity contribution < 1.29 is 19.4 Å². The van der Waals surface area contributed by atoms with Gasteiger partial charge in [0.2, 0.25) is 0 Å². The Morgan fingerprint density at radius 1 is 1.15 bits per heavy atom. The van der Waals surface area contributed by atoms with Crippen LogP contribution in [0, 0.1) is 0 Å². The second-order valence-corrected chi connectivity index (χ2v) is 9.08. The van der Waals surface area contributed by atoms with Crippen molar-refractivity contribution in [2.24, 2.45) is 0 Å². The molecule has 0 radical (unpaired) electrons. The maximum atomic E-state index is 11.7. The number of benzene rings is 2. The SMILES string of the molecule is C1CCOC1.CCOc1ccccc1-c1ccc2c(c1)C=C(C(=O)O)CCN2Cc1ccsc1. The summed E-state index contributed by atoms with van der Waals surface area (Å²) in [5.74, 6) is -0.0189. The smallest absolute Gasteiger partial charge is 0.331 e. The molecular weight excluding hydrogens is 446 g/mol. The summed E-state index contributed by atoms with van der Waals surface area (Å²) in [6.07, 6.45) is 4.89. The Morgan fingerprint density at radius 3 is 2.65 bits per heavy atom. The van der Waals surface area contributed by atoms with Crippen LogP contribution in [0.1, 0.15) is 37.3 Å². The average molecular weight is 478 g/mol. The van der Waals surface area contributed by atoms with Crippen LogP contribution in [-0.2, 0) is 16.1 Å². The molecule has 0 bridgehead atoms. The number of carboxylic acid groups (broad SMARTS) is 1. The van der Waals surface area contributed by atoms with Crippen LogP contribution in [0.5, 0.6) is 5.75 Å². The number of para-hydroxylation sites is 1. The van der Waals surface area contributed by atoms with Crippen LogP contribution < -0.4 is 9.64 Å². The molecule has 5 nitrogen and oxygen atoms in total. The molecular formula is C28H31NO4S. The largest absolute Gasteiger partial charge is 0.493 e. The summed E-state index contributed by atoms with van der Waals surface area (Å²) in [7, 11) is 0. The Kier molecular flexibility index (Phi) is 8.39. The van der Waals surface area contributed by atoms with Crippen molar-refractivity contribution in [3.05, 3.63) is 76.0 Å². The van der Waals surface area contributed by atoms with E-state index in [2.05, 4.69) is 39.9 Å². The molecule has 0 amide bonds. The molecule has 0 aliphatic carbocycles. The highest BCUT2D eigenvalue weighted by Crippen LogP contribution is 2.36. The van der Waals surface area contributed by atoms with Crippen molar-refractivity contribution in [3.8, 4) is 16.9 Å². The third-order valence-electron chi connectivity index (χ3n) is 5.90. The molecule has 3 aromatic rings. The molecule has 1 saturated heterocycles. The first kappa shape index (κ1) is 24.0. The van der Waals surface area contributed by atoms with Crippen molar-refractivity contribution in [2.75, 3.05) is 31.3 Å². The molecule has 0 spiro atoms. The Morgan fingerprint density at radius 2 is 1.97 bits per heavy atom. The second-order valence-electron chi connectivity index (χ2n) is 8.30. The van der Waals surface area contributed by atoms with Gasteiger partial charge < -0.3 is 19.5 Å². The predicted molar refractivity (Wildman–Crippen MR) is 139 cm³/mol. The van der Waals surface area contributed by atoms with Gasteiger partial charge in [-0.3, -0.25) is 0 Å². The lowest BCUT2D eigenvalue weighted by molar-refractivity contribution is -0.132. The molecule has 178 valence electrons. The van der Waals surface area contributed by atoms with Gasteiger partial charge in [-0.15, -0.1) is 0 Å². The van der Waals surface area contributed by atoms with Crippen molar-refractivity contribution in [3.63, 3.8) is 0 Å². The molecule has 0 atom stereocenters. The van der Waals surface area contributed by atoms with Gasteiger partial charge in [0, 0.05) is 43.1 Å². The van der Waals surface area contributed by atoms with E-state index in [1.54, 1.807) is 11.3 Å². The van der Waals surface area contributed by atoms with E-state index in [4.69, 9.17) is 9.47 Å². The minimum absolute atomic E-state index is 0.439. The fourth-order valence-electron chi connectivity index (χ4n) is 4.19. The lowest BCUT2D eigenvalue weighted by Crippen LogP contribution is -2.24. The van der Waals surface area contributed by atoms with Crippen LogP contribution in [0.2, 0.25) is 0 Å². The van der Waals surface area contributed by atoms with E-state index in [9.17, 15) is 9.90 Å². The van der Waals surface area contributed by atoms with Gasteiger partial charge in [0.1, 0.15) is 5.75 Å². The summed E-state index contributed by atoms with van der Waals surface area (Å²) in [6.45, 7) is 6.01. The molecule has 1 aromatic heterocycles. The van der Waals surface area contributed by atoms with Crippen molar-refractivity contribution in [1.82, 2.24) is 0 Å². The van der Waals surface area contributed by atoms with Gasteiger partial charge >= 0.3 is 5.97 Å². The van der Waals surface area contributed by atoms with Gasteiger partial charge in [-0.2, -0.15) is 11.3 Å². The Hall–Kier alpha value is -3.09. The van der Waals surface area contributed by atoms with Gasteiger partial charge in [0.25, 0.3) is 0 Å². The molecule has 2 aliphatic heterocycles. The van der Waals surface area contributed by atoms with Gasteiger partial charge in [-0.1, -0.05) is 24.3 Å². The number of hydrogen-bond acceptors (Lipinski definition) is 5. The van der Waals surface area contributed by atoms with Crippen LogP contribution in [0.4, 0.5) is 5.69 Å². The minimum Gasteiger partial charge on any atom is -0.493 e. The predicted octanol–water partition coefficient (Wildman–Crippen LogP) is 6.49. The summed E-state index contributed by atoms with van der Waals surface area (Å²) >= 11 is 1.68. The topological polar surface area (TPSA) is 59.0 Å². The highest BCUT2D eigenvalue weighted by Gasteiger charge is 2.20. The number of aliphatic carboxylic acids is 1.